The Morgan fingerprint density at radius 3 is 1.78 bits per heavy atom. The van der Waals surface area contributed by atoms with Gasteiger partial charge in [-0.05, 0) is 65.0 Å². The highest BCUT2D eigenvalue weighted by Gasteiger charge is 2.18. The SMILES string of the molecule is COc1ccc([C](CCC(=C2C=CC(=[O+]C)C=C2)c2ccccc2)c2ccccc2)cc1. The quantitative estimate of drug-likeness (QED) is 0.387. The van der Waals surface area contributed by atoms with Gasteiger partial charge in [0.1, 0.15) is 5.75 Å². The van der Waals surface area contributed by atoms with E-state index in [2.05, 4.69) is 84.9 Å². The van der Waals surface area contributed by atoms with Gasteiger partial charge in [0.15, 0.2) is 0 Å². The third-order valence-electron chi connectivity index (χ3n) is 5.75. The summed E-state index contributed by atoms with van der Waals surface area (Å²) < 4.78 is 10.7. The minimum absolute atomic E-state index is 0.871. The lowest BCUT2D eigenvalue weighted by molar-refractivity contribution is -0.417. The number of hydrogen-bond donors (Lipinski definition) is 0. The first kappa shape index (κ1) is 21.6. The van der Waals surface area contributed by atoms with E-state index in [-0.39, 0.29) is 0 Å². The maximum atomic E-state index is 5.36. The first-order chi connectivity index (χ1) is 15.8. The molecule has 4 rings (SSSR count). The first-order valence-electron chi connectivity index (χ1n) is 10.9. The average Bonchev–Trinajstić information content (AvgIpc) is 2.88. The molecule has 3 aromatic rings. The van der Waals surface area contributed by atoms with E-state index in [1.165, 1.54) is 33.8 Å². The van der Waals surface area contributed by atoms with Gasteiger partial charge in [-0.1, -0.05) is 72.8 Å². The number of benzene rings is 3. The molecule has 0 atom stereocenters. The summed E-state index contributed by atoms with van der Waals surface area (Å²) in [6.45, 7) is 0. The number of rotatable bonds is 7. The van der Waals surface area contributed by atoms with Gasteiger partial charge in [0, 0.05) is 18.1 Å². The molecule has 0 heterocycles. The van der Waals surface area contributed by atoms with Gasteiger partial charge >= 0.3 is 5.78 Å². The van der Waals surface area contributed by atoms with Gasteiger partial charge in [-0.15, -0.1) is 0 Å². The molecule has 2 nitrogen and oxygen atoms in total. The molecule has 0 aliphatic heterocycles. The van der Waals surface area contributed by atoms with Crippen LogP contribution in [0.15, 0.2) is 115 Å². The Hall–Kier alpha value is -3.65. The van der Waals surface area contributed by atoms with Crippen molar-refractivity contribution in [2.24, 2.45) is 0 Å². The van der Waals surface area contributed by atoms with Crippen LogP contribution in [0.4, 0.5) is 0 Å². The molecule has 0 saturated heterocycles. The normalized spacial score (nSPS) is 12.8. The molecular weight excluding hydrogens is 392 g/mol. The maximum absolute atomic E-state index is 5.36. The van der Waals surface area contributed by atoms with Crippen LogP contribution < -0.4 is 4.74 Å². The molecule has 0 fully saturated rings. The van der Waals surface area contributed by atoms with Crippen molar-refractivity contribution in [2.45, 2.75) is 12.8 Å². The smallest absolute Gasteiger partial charge is 0.343 e. The molecule has 1 radical (unpaired) electrons. The number of hydrogen-bond acceptors (Lipinski definition) is 1. The summed E-state index contributed by atoms with van der Waals surface area (Å²) in [7, 11) is 3.40. The molecule has 159 valence electrons. The van der Waals surface area contributed by atoms with Crippen molar-refractivity contribution in [1.82, 2.24) is 0 Å². The van der Waals surface area contributed by atoms with E-state index in [0.717, 1.165) is 24.4 Å². The minimum Gasteiger partial charge on any atom is -0.497 e. The van der Waals surface area contributed by atoms with Crippen molar-refractivity contribution in [3.8, 4) is 5.75 Å². The summed E-state index contributed by atoms with van der Waals surface area (Å²) >= 11 is 0. The molecular formula is C30H28O2+. The zero-order valence-electron chi connectivity index (χ0n) is 18.6. The second kappa shape index (κ2) is 10.6. The Morgan fingerprint density at radius 1 is 0.656 bits per heavy atom. The number of ether oxygens (including phenoxy) is 1. The van der Waals surface area contributed by atoms with Crippen LogP contribution in [-0.4, -0.2) is 20.0 Å². The number of carbonyl (C=O) groups excluding carboxylic acids is 1. The summed E-state index contributed by atoms with van der Waals surface area (Å²) in [5.41, 5.74) is 6.27. The molecule has 0 amide bonds. The molecule has 2 heteroatoms. The second-order valence-corrected chi connectivity index (χ2v) is 7.65. The molecule has 0 bridgehead atoms. The van der Waals surface area contributed by atoms with E-state index in [9.17, 15) is 0 Å². The van der Waals surface area contributed by atoms with Gasteiger partial charge in [0.2, 0.25) is 0 Å². The minimum atomic E-state index is 0.871. The summed E-state index contributed by atoms with van der Waals surface area (Å²) in [4.78, 5) is 0. The highest BCUT2D eigenvalue weighted by Crippen LogP contribution is 2.34. The number of methoxy groups -OCH3 is 1. The van der Waals surface area contributed by atoms with Crippen molar-refractivity contribution in [1.29, 1.82) is 0 Å². The largest absolute Gasteiger partial charge is 0.497 e. The van der Waals surface area contributed by atoms with Crippen LogP contribution in [0.2, 0.25) is 0 Å². The Balaban J connectivity index is 1.68. The van der Waals surface area contributed by atoms with Gasteiger partial charge in [0.25, 0.3) is 7.11 Å². The van der Waals surface area contributed by atoms with Crippen LogP contribution in [0.5, 0.6) is 5.75 Å². The highest BCUT2D eigenvalue weighted by atomic mass is 16.5. The van der Waals surface area contributed by atoms with Crippen LogP contribution in [0.3, 0.4) is 0 Å². The van der Waals surface area contributed by atoms with Gasteiger partial charge in [-0.3, -0.25) is 4.42 Å². The Morgan fingerprint density at radius 2 is 1.22 bits per heavy atom. The lowest BCUT2D eigenvalue weighted by atomic mass is 9.84. The monoisotopic (exact) mass is 420 g/mol. The lowest BCUT2D eigenvalue weighted by Crippen LogP contribution is -2.04. The van der Waals surface area contributed by atoms with Crippen molar-refractivity contribution in [3.63, 3.8) is 0 Å². The van der Waals surface area contributed by atoms with Crippen LogP contribution in [0, 0.1) is 5.92 Å². The average molecular weight is 421 g/mol. The summed E-state index contributed by atoms with van der Waals surface area (Å²) in [5.74, 6) is 3.07. The highest BCUT2D eigenvalue weighted by molar-refractivity contribution is 6.02. The lowest BCUT2D eigenvalue weighted by Gasteiger charge is -2.20. The summed E-state index contributed by atoms with van der Waals surface area (Å²) in [6, 6.07) is 29.7. The van der Waals surface area contributed by atoms with E-state index in [1.807, 2.05) is 24.3 Å². The Bertz CT molecular complexity index is 1120. The second-order valence-electron chi connectivity index (χ2n) is 7.65. The number of allylic oxidation sites excluding steroid dienone is 6. The zero-order valence-corrected chi connectivity index (χ0v) is 18.6. The fourth-order valence-corrected chi connectivity index (χ4v) is 4.02. The van der Waals surface area contributed by atoms with Crippen LogP contribution in [0.25, 0.3) is 5.57 Å². The van der Waals surface area contributed by atoms with E-state index in [1.54, 1.807) is 14.2 Å². The zero-order chi connectivity index (χ0) is 22.2. The summed E-state index contributed by atoms with van der Waals surface area (Å²) in [5, 5.41) is 0. The maximum Gasteiger partial charge on any atom is 0.343 e. The number of ketones is 1. The van der Waals surface area contributed by atoms with Crippen LogP contribution >= 0.6 is 0 Å². The molecule has 0 unspecified atom stereocenters. The van der Waals surface area contributed by atoms with E-state index in [0.29, 0.717) is 0 Å². The molecule has 0 aromatic heterocycles. The summed E-state index contributed by atoms with van der Waals surface area (Å²) in [6.07, 6.45) is 10.2. The van der Waals surface area contributed by atoms with Crippen LogP contribution in [-0.2, 0) is 4.42 Å². The third kappa shape index (κ3) is 5.15. The fourth-order valence-electron chi connectivity index (χ4n) is 4.02. The van der Waals surface area contributed by atoms with Crippen molar-refractivity contribution >= 4 is 11.4 Å². The van der Waals surface area contributed by atoms with Crippen molar-refractivity contribution in [2.75, 3.05) is 14.2 Å². The molecule has 3 aromatic carbocycles. The van der Waals surface area contributed by atoms with E-state index >= 15 is 0 Å². The Kier molecular flexibility index (Phi) is 7.14. The molecule has 1 aliphatic carbocycles. The molecule has 0 spiro atoms. The van der Waals surface area contributed by atoms with E-state index < -0.39 is 0 Å². The van der Waals surface area contributed by atoms with Crippen molar-refractivity contribution in [3.05, 3.63) is 137 Å². The molecule has 32 heavy (non-hydrogen) atoms. The molecule has 0 saturated carbocycles. The topological polar surface area (TPSA) is 20.5 Å². The Labute approximate surface area is 190 Å². The molecule has 1 aliphatic rings. The third-order valence-corrected chi connectivity index (χ3v) is 5.75. The predicted molar refractivity (Wildman–Crippen MR) is 133 cm³/mol. The van der Waals surface area contributed by atoms with Gasteiger partial charge in [0.05, 0.1) is 7.11 Å². The standard InChI is InChI=1S/C30H28O2/c1-31-27-17-13-25(14-18-27)29(23-9-5-3-6-10-23)21-22-30(24-11-7-4-8-12-24)26-15-19-28(32-2)20-16-26/h3-20H,21-22H2,1-2H3/q+1. The van der Waals surface area contributed by atoms with Gasteiger partial charge in [-0.25, -0.2) is 0 Å². The van der Waals surface area contributed by atoms with Gasteiger partial charge in [-0.2, -0.15) is 0 Å². The van der Waals surface area contributed by atoms with Crippen molar-refractivity contribution < 1.29 is 9.16 Å². The van der Waals surface area contributed by atoms with Gasteiger partial charge < -0.3 is 4.74 Å². The fraction of sp³-hybridized carbons (Fsp3) is 0.133. The first-order valence-corrected chi connectivity index (χ1v) is 10.9. The predicted octanol–water partition coefficient (Wildman–Crippen LogP) is 6.76. The van der Waals surface area contributed by atoms with Crippen LogP contribution in [0.1, 0.15) is 29.5 Å². The van der Waals surface area contributed by atoms with E-state index in [4.69, 9.17) is 9.16 Å². The molecule has 0 N–H and O–H groups in total.